The van der Waals surface area contributed by atoms with Gasteiger partial charge in [0.1, 0.15) is 18.2 Å². The lowest BCUT2D eigenvalue weighted by atomic mass is 10.2. The van der Waals surface area contributed by atoms with Crippen molar-refractivity contribution in [2.45, 2.75) is 12.8 Å². The number of ether oxygens (including phenoxy) is 1. The van der Waals surface area contributed by atoms with Crippen molar-refractivity contribution in [2.75, 3.05) is 5.43 Å². The van der Waals surface area contributed by atoms with Crippen molar-refractivity contribution in [1.82, 2.24) is 4.98 Å². The summed E-state index contributed by atoms with van der Waals surface area (Å²) < 4.78 is 43.0. The number of nitrogens with two attached hydrogens (primary N) is 1. The molecular formula is C13H12F3N3O. The molecule has 0 unspecified atom stereocenters. The fourth-order valence-electron chi connectivity index (χ4n) is 1.61. The van der Waals surface area contributed by atoms with Crippen LogP contribution in [0.5, 0.6) is 5.75 Å². The highest BCUT2D eigenvalue weighted by Gasteiger charge is 2.30. The molecule has 0 atom stereocenters. The Kier molecular flexibility index (Phi) is 4.09. The minimum Gasteiger partial charge on any atom is -0.489 e. The third-order valence-electron chi connectivity index (χ3n) is 2.58. The van der Waals surface area contributed by atoms with E-state index in [4.69, 9.17) is 10.6 Å². The average molecular weight is 283 g/mol. The number of nitrogen functional groups attached to an aromatic ring is 1. The van der Waals surface area contributed by atoms with Gasteiger partial charge in [-0.05, 0) is 24.3 Å². The molecule has 2 aromatic rings. The van der Waals surface area contributed by atoms with E-state index in [1.165, 1.54) is 12.1 Å². The van der Waals surface area contributed by atoms with Crippen LogP contribution < -0.4 is 16.0 Å². The molecule has 0 aliphatic carbocycles. The lowest BCUT2D eigenvalue weighted by Gasteiger charge is -2.11. The fourth-order valence-corrected chi connectivity index (χ4v) is 1.61. The van der Waals surface area contributed by atoms with Crippen molar-refractivity contribution in [2.24, 2.45) is 5.84 Å². The summed E-state index contributed by atoms with van der Waals surface area (Å²) >= 11 is 0. The monoisotopic (exact) mass is 283 g/mol. The first-order chi connectivity index (χ1) is 9.50. The molecule has 1 heterocycles. The second kappa shape index (κ2) is 5.79. The van der Waals surface area contributed by atoms with Gasteiger partial charge < -0.3 is 10.2 Å². The SMILES string of the molecule is NNc1ncccc1COc1cccc(C(F)(F)F)c1. The lowest BCUT2D eigenvalue weighted by molar-refractivity contribution is -0.137. The Bertz CT molecular complexity index is 587. The van der Waals surface area contributed by atoms with Crippen LogP contribution >= 0.6 is 0 Å². The van der Waals surface area contributed by atoms with Gasteiger partial charge in [0.15, 0.2) is 0 Å². The van der Waals surface area contributed by atoms with Crippen molar-refractivity contribution in [3.63, 3.8) is 0 Å². The standard InChI is InChI=1S/C13H12F3N3O/c14-13(15,16)10-4-1-5-11(7-10)20-8-9-3-2-6-18-12(9)19-17/h1-7H,8,17H2,(H,18,19). The van der Waals surface area contributed by atoms with E-state index in [-0.39, 0.29) is 12.4 Å². The number of hydrazine groups is 1. The molecule has 1 aromatic heterocycles. The number of nitrogens with one attached hydrogen (secondary N) is 1. The van der Waals surface area contributed by atoms with Crippen LogP contribution in [0.15, 0.2) is 42.6 Å². The average Bonchev–Trinajstić information content (AvgIpc) is 2.45. The van der Waals surface area contributed by atoms with Gasteiger partial charge in [0.05, 0.1) is 5.56 Å². The molecule has 1 aromatic carbocycles. The predicted molar refractivity (Wildman–Crippen MR) is 67.8 cm³/mol. The fraction of sp³-hybridized carbons (Fsp3) is 0.154. The van der Waals surface area contributed by atoms with E-state index in [0.717, 1.165) is 12.1 Å². The number of hydrogen-bond acceptors (Lipinski definition) is 4. The molecule has 106 valence electrons. The first-order valence-corrected chi connectivity index (χ1v) is 5.71. The molecular weight excluding hydrogens is 271 g/mol. The molecule has 7 heteroatoms. The largest absolute Gasteiger partial charge is 0.489 e. The van der Waals surface area contributed by atoms with Crippen LogP contribution in [0.2, 0.25) is 0 Å². The highest BCUT2D eigenvalue weighted by molar-refractivity contribution is 5.42. The number of nitrogens with zero attached hydrogens (tertiary/aromatic N) is 1. The maximum absolute atomic E-state index is 12.6. The van der Waals surface area contributed by atoms with Gasteiger partial charge >= 0.3 is 6.18 Å². The van der Waals surface area contributed by atoms with Crippen LogP contribution in [-0.4, -0.2) is 4.98 Å². The molecule has 2 rings (SSSR count). The quantitative estimate of drug-likeness (QED) is 0.669. The molecule has 0 radical (unpaired) electrons. The van der Waals surface area contributed by atoms with Crippen LogP contribution in [0.1, 0.15) is 11.1 Å². The zero-order valence-corrected chi connectivity index (χ0v) is 10.3. The van der Waals surface area contributed by atoms with Crippen molar-refractivity contribution in [1.29, 1.82) is 0 Å². The zero-order chi connectivity index (χ0) is 14.6. The van der Waals surface area contributed by atoms with Gasteiger partial charge in [-0.3, -0.25) is 0 Å². The normalized spacial score (nSPS) is 11.2. The Balaban J connectivity index is 2.11. The topological polar surface area (TPSA) is 60.2 Å². The Morgan fingerprint density at radius 2 is 2.00 bits per heavy atom. The Labute approximate surface area is 113 Å². The number of hydrogen-bond donors (Lipinski definition) is 2. The molecule has 4 nitrogen and oxygen atoms in total. The number of halogens is 3. The summed E-state index contributed by atoms with van der Waals surface area (Å²) in [6.07, 6.45) is -2.85. The number of benzene rings is 1. The third-order valence-corrected chi connectivity index (χ3v) is 2.58. The second-order valence-corrected chi connectivity index (χ2v) is 3.97. The summed E-state index contributed by atoms with van der Waals surface area (Å²) in [4.78, 5) is 3.97. The number of anilines is 1. The molecule has 0 spiro atoms. The smallest absolute Gasteiger partial charge is 0.416 e. The molecule has 0 saturated carbocycles. The lowest BCUT2D eigenvalue weighted by Crippen LogP contribution is -2.12. The molecule has 20 heavy (non-hydrogen) atoms. The first kappa shape index (κ1) is 14.1. The third kappa shape index (κ3) is 3.39. The van der Waals surface area contributed by atoms with E-state index in [2.05, 4.69) is 10.4 Å². The van der Waals surface area contributed by atoms with Crippen LogP contribution in [0, 0.1) is 0 Å². The molecule has 0 amide bonds. The van der Waals surface area contributed by atoms with Crippen LogP contribution in [0.4, 0.5) is 19.0 Å². The predicted octanol–water partition coefficient (Wildman–Crippen LogP) is 2.97. The van der Waals surface area contributed by atoms with Crippen molar-refractivity contribution >= 4 is 5.82 Å². The summed E-state index contributed by atoms with van der Waals surface area (Å²) in [6, 6.07) is 8.10. The van der Waals surface area contributed by atoms with Gasteiger partial charge in [0.25, 0.3) is 0 Å². The van der Waals surface area contributed by atoms with Gasteiger partial charge in [-0.15, -0.1) is 0 Å². The second-order valence-electron chi connectivity index (χ2n) is 3.97. The Morgan fingerprint density at radius 3 is 2.70 bits per heavy atom. The molecule has 0 saturated heterocycles. The summed E-state index contributed by atoms with van der Waals surface area (Å²) in [7, 11) is 0. The number of pyridine rings is 1. The van der Waals surface area contributed by atoms with E-state index in [1.54, 1.807) is 18.3 Å². The molecule has 0 aliphatic rings. The van der Waals surface area contributed by atoms with E-state index < -0.39 is 11.7 Å². The Morgan fingerprint density at radius 1 is 1.20 bits per heavy atom. The van der Waals surface area contributed by atoms with Gasteiger partial charge in [0.2, 0.25) is 0 Å². The van der Waals surface area contributed by atoms with Crippen molar-refractivity contribution < 1.29 is 17.9 Å². The molecule has 3 N–H and O–H groups in total. The summed E-state index contributed by atoms with van der Waals surface area (Å²) in [6.45, 7) is 0.0642. The van der Waals surface area contributed by atoms with Crippen molar-refractivity contribution in [3.8, 4) is 5.75 Å². The van der Waals surface area contributed by atoms with E-state index >= 15 is 0 Å². The van der Waals surface area contributed by atoms with Crippen LogP contribution in [0.25, 0.3) is 0 Å². The van der Waals surface area contributed by atoms with E-state index in [9.17, 15) is 13.2 Å². The summed E-state index contributed by atoms with van der Waals surface area (Å²) in [5.41, 5.74) is 2.29. The van der Waals surface area contributed by atoms with Crippen molar-refractivity contribution in [3.05, 3.63) is 53.7 Å². The van der Waals surface area contributed by atoms with Gasteiger partial charge in [-0.25, -0.2) is 10.8 Å². The van der Waals surface area contributed by atoms with Crippen LogP contribution in [0.3, 0.4) is 0 Å². The van der Waals surface area contributed by atoms with E-state index in [0.29, 0.717) is 11.4 Å². The number of alkyl halides is 3. The van der Waals surface area contributed by atoms with Gasteiger partial charge in [-0.2, -0.15) is 13.2 Å². The summed E-state index contributed by atoms with van der Waals surface area (Å²) in [5.74, 6) is 5.83. The number of aromatic nitrogens is 1. The Hall–Kier alpha value is -2.28. The number of rotatable bonds is 4. The highest BCUT2D eigenvalue weighted by Crippen LogP contribution is 2.31. The van der Waals surface area contributed by atoms with Gasteiger partial charge in [0, 0.05) is 11.8 Å². The maximum atomic E-state index is 12.6. The molecule has 0 fully saturated rings. The van der Waals surface area contributed by atoms with Gasteiger partial charge in [-0.1, -0.05) is 12.1 Å². The minimum atomic E-state index is -4.39. The molecule has 0 aliphatic heterocycles. The van der Waals surface area contributed by atoms with E-state index in [1.807, 2.05) is 0 Å². The molecule has 0 bridgehead atoms. The highest BCUT2D eigenvalue weighted by atomic mass is 19.4. The first-order valence-electron chi connectivity index (χ1n) is 5.71. The summed E-state index contributed by atoms with van der Waals surface area (Å²) in [5, 5.41) is 0. The zero-order valence-electron chi connectivity index (χ0n) is 10.3. The minimum absolute atomic E-state index is 0.0642. The maximum Gasteiger partial charge on any atom is 0.416 e. The van der Waals surface area contributed by atoms with Crippen LogP contribution in [-0.2, 0) is 12.8 Å².